The lowest BCUT2D eigenvalue weighted by molar-refractivity contribution is 0.245. The third kappa shape index (κ3) is 4.81. The molecule has 0 spiro atoms. The van der Waals surface area contributed by atoms with Crippen molar-refractivity contribution in [2.45, 2.75) is 24.8 Å². The van der Waals surface area contributed by atoms with Crippen molar-refractivity contribution in [1.29, 1.82) is 0 Å². The molecule has 6 nitrogen and oxygen atoms in total. The summed E-state index contributed by atoms with van der Waals surface area (Å²) in [5.41, 5.74) is 0.425. The van der Waals surface area contributed by atoms with Gasteiger partial charge in [-0.2, -0.15) is 0 Å². The number of anilines is 1. The van der Waals surface area contributed by atoms with Gasteiger partial charge >= 0.3 is 6.03 Å². The Kier molecular flexibility index (Phi) is 6.21. The van der Waals surface area contributed by atoms with E-state index in [2.05, 4.69) is 10.6 Å². The Morgan fingerprint density at radius 2 is 1.88 bits per heavy atom. The van der Waals surface area contributed by atoms with E-state index >= 15 is 0 Å². The minimum absolute atomic E-state index is 0.103. The number of amides is 2. The van der Waals surface area contributed by atoms with E-state index in [1.165, 1.54) is 26.2 Å². The molecular formula is C17H23N3O3S2. The highest BCUT2D eigenvalue weighted by molar-refractivity contribution is 7.89. The molecule has 1 aromatic heterocycles. The molecule has 0 aliphatic carbocycles. The van der Waals surface area contributed by atoms with Crippen molar-refractivity contribution < 1.29 is 13.2 Å². The number of thiophene rings is 1. The number of urea groups is 1. The molecule has 0 saturated carbocycles. The lowest BCUT2D eigenvalue weighted by Gasteiger charge is -2.21. The van der Waals surface area contributed by atoms with Gasteiger partial charge < -0.3 is 10.6 Å². The summed E-state index contributed by atoms with van der Waals surface area (Å²) in [5, 5.41) is 7.63. The fourth-order valence-electron chi connectivity index (χ4n) is 2.29. The van der Waals surface area contributed by atoms with Gasteiger partial charge in [-0.15, -0.1) is 11.3 Å². The zero-order valence-electron chi connectivity index (χ0n) is 14.7. The van der Waals surface area contributed by atoms with Crippen molar-refractivity contribution in [2.24, 2.45) is 5.92 Å². The zero-order chi connectivity index (χ0) is 18.6. The average molecular weight is 382 g/mol. The van der Waals surface area contributed by atoms with Gasteiger partial charge in [0.05, 0.1) is 10.9 Å². The van der Waals surface area contributed by atoms with Gasteiger partial charge in [-0.25, -0.2) is 17.5 Å². The standard InChI is InChI=1S/C17H23N3O3S2/c1-12(2)16(15-9-6-10-24-15)19-17(21)18-13-7-5-8-14(11-13)25(22,23)20(3)4/h5-12,16H,1-4H3,(H2,18,19,21)/t16-/m0/s1. The molecule has 0 saturated heterocycles. The Labute approximate surface area is 152 Å². The minimum atomic E-state index is -3.54. The molecule has 1 aromatic carbocycles. The predicted molar refractivity (Wildman–Crippen MR) is 101 cm³/mol. The van der Waals surface area contributed by atoms with Gasteiger partial charge in [0, 0.05) is 24.7 Å². The Balaban J connectivity index is 2.13. The maximum atomic E-state index is 12.3. The first-order valence-corrected chi connectivity index (χ1v) is 10.2. The summed E-state index contributed by atoms with van der Waals surface area (Å²) >= 11 is 1.59. The van der Waals surface area contributed by atoms with Crippen LogP contribution in [0, 0.1) is 5.92 Å². The summed E-state index contributed by atoms with van der Waals surface area (Å²) in [6, 6.07) is 9.67. The van der Waals surface area contributed by atoms with Crippen LogP contribution in [0.1, 0.15) is 24.8 Å². The van der Waals surface area contributed by atoms with Crippen LogP contribution in [0.4, 0.5) is 10.5 Å². The summed E-state index contributed by atoms with van der Waals surface area (Å²) < 4.78 is 25.5. The van der Waals surface area contributed by atoms with E-state index in [0.717, 1.165) is 9.18 Å². The molecule has 2 rings (SSSR count). The molecule has 0 bridgehead atoms. The van der Waals surface area contributed by atoms with Crippen LogP contribution in [0.25, 0.3) is 0 Å². The summed E-state index contributed by atoms with van der Waals surface area (Å²) in [4.78, 5) is 13.6. The van der Waals surface area contributed by atoms with Crippen LogP contribution in [0.3, 0.4) is 0 Å². The normalized spacial score (nSPS) is 13.0. The number of sulfonamides is 1. The molecule has 0 aliphatic rings. The molecule has 0 unspecified atom stereocenters. The van der Waals surface area contributed by atoms with E-state index in [0.29, 0.717) is 5.69 Å². The molecule has 8 heteroatoms. The molecule has 0 fully saturated rings. The molecule has 1 atom stereocenters. The van der Waals surface area contributed by atoms with Crippen LogP contribution in [-0.2, 0) is 10.0 Å². The first kappa shape index (κ1) is 19.4. The second-order valence-corrected chi connectivity index (χ2v) is 9.28. The highest BCUT2D eigenvalue weighted by Crippen LogP contribution is 2.26. The number of nitrogens with one attached hydrogen (secondary N) is 2. The summed E-state index contributed by atoms with van der Waals surface area (Å²) in [6.45, 7) is 4.07. The van der Waals surface area contributed by atoms with Crippen LogP contribution in [0.15, 0.2) is 46.7 Å². The first-order chi connectivity index (χ1) is 11.7. The number of hydrogen-bond acceptors (Lipinski definition) is 4. The van der Waals surface area contributed by atoms with Crippen LogP contribution < -0.4 is 10.6 Å². The zero-order valence-corrected chi connectivity index (χ0v) is 16.3. The Hall–Kier alpha value is -1.90. The molecule has 0 radical (unpaired) electrons. The van der Waals surface area contributed by atoms with Crippen LogP contribution in [-0.4, -0.2) is 32.8 Å². The van der Waals surface area contributed by atoms with Crippen molar-refractivity contribution in [1.82, 2.24) is 9.62 Å². The Bertz CT molecular complexity index is 815. The molecular weight excluding hydrogens is 358 g/mol. The number of carbonyl (C=O) groups is 1. The second-order valence-electron chi connectivity index (χ2n) is 6.15. The van der Waals surface area contributed by atoms with Crippen LogP contribution in [0.5, 0.6) is 0 Å². The van der Waals surface area contributed by atoms with E-state index in [1.807, 2.05) is 31.4 Å². The van der Waals surface area contributed by atoms with Crippen molar-refractivity contribution in [3.8, 4) is 0 Å². The average Bonchev–Trinajstić information content (AvgIpc) is 3.06. The minimum Gasteiger partial charge on any atom is -0.330 e. The number of carbonyl (C=O) groups excluding carboxylic acids is 1. The van der Waals surface area contributed by atoms with Crippen LogP contribution >= 0.6 is 11.3 Å². The molecule has 2 N–H and O–H groups in total. The van der Waals surface area contributed by atoms with Gasteiger partial charge in [0.1, 0.15) is 0 Å². The topological polar surface area (TPSA) is 78.5 Å². The van der Waals surface area contributed by atoms with E-state index in [-0.39, 0.29) is 22.9 Å². The van der Waals surface area contributed by atoms with E-state index < -0.39 is 10.0 Å². The summed E-state index contributed by atoms with van der Waals surface area (Å²) in [5.74, 6) is 0.227. The highest BCUT2D eigenvalue weighted by atomic mass is 32.2. The number of rotatable bonds is 6. The van der Waals surface area contributed by atoms with Gasteiger partial charge in [0.2, 0.25) is 10.0 Å². The number of benzene rings is 1. The van der Waals surface area contributed by atoms with Crippen molar-refractivity contribution in [2.75, 3.05) is 19.4 Å². The van der Waals surface area contributed by atoms with Gasteiger partial charge in [-0.05, 0) is 35.6 Å². The van der Waals surface area contributed by atoms with E-state index in [9.17, 15) is 13.2 Å². The maximum Gasteiger partial charge on any atom is 0.319 e. The lowest BCUT2D eigenvalue weighted by atomic mass is 10.0. The third-order valence-electron chi connectivity index (χ3n) is 3.67. The predicted octanol–water partition coefficient (Wildman–Crippen LogP) is 3.52. The van der Waals surface area contributed by atoms with Crippen molar-refractivity contribution >= 4 is 33.1 Å². The first-order valence-electron chi connectivity index (χ1n) is 7.85. The number of hydrogen-bond donors (Lipinski definition) is 2. The van der Waals surface area contributed by atoms with Gasteiger partial charge in [0.25, 0.3) is 0 Å². The van der Waals surface area contributed by atoms with E-state index in [1.54, 1.807) is 23.5 Å². The molecule has 136 valence electrons. The fourth-order valence-corrected chi connectivity index (χ4v) is 4.19. The largest absolute Gasteiger partial charge is 0.330 e. The maximum absolute atomic E-state index is 12.3. The third-order valence-corrected chi connectivity index (χ3v) is 6.44. The van der Waals surface area contributed by atoms with E-state index in [4.69, 9.17) is 0 Å². The number of nitrogens with zero attached hydrogens (tertiary/aromatic N) is 1. The van der Waals surface area contributed by atoms with Gasteiger partial charge in [-0.1, -0.05) is 26.0 Å². The van der Waals surface area contributed by atoms with Crippen molar-refractivity contribution in [3.63, 3.8) is 0 Å². The second kappa shape index (κ2) is 7.99. The summed E-state index contributed by atoms with van der Waals surface area (Å²) in [7, 11) is -0.607. The monoisotopic (exact) mass is 381 g/mol. The molecule has 25 heavy (non-hydrogen) atoms. The highest BCUT2D eigenvalue weighted by Gasteiger charge is 2.20. The Morgan fingerprint density at radius 1 is 1.16 bits per heavy atom. The molecule has 0 aliphatic heterocycles. The fraction of sp³-hybridized carbons (Fsp3) is 0.353. The van der Waals surface area contributed by atoms with Crippen LogP contribution in [0.2, 0.25) is 0 Å². The van der Waals surface area contributed by atoms with Crippen molar-refractivity contribution in [3.05, 3.63) is 46.7 Å². The smallest absolute Gasteiger partial charge is 0.319 e. The summed E-state index contributed by atoms with van der Waals surface area (Å²) in [6.07, 6.45) is 0. The SMILES string of the molecule is CC(C)[C@H](NC(=O)Nc1cccc(S(=O)(=O)N(C)C)c1)c1cccs1. The lowest BCUT2D eigenvalue weighted by Crippen LogP contribution is -2.34. The Morgan fingerprint density at radius 3 is 2.44 bits per heavy atom. The quantitative estimate of drug-likeness (QED) is 0.804. The van der Waals surface area contributed by atoms with Gasteiger partial charge in [-0.3, -0.25) is 0 Å². The molecule has 2 aromatic rings. The molecule has 2 amide bonds. The van der Waals surface area contributed by atoms with Gasteiger partial charge in [0.15, 0.2) is 0 Å². The molecule has 1 heterocycles.